The van der Waals surface area contributed by atoms with Crippen LogP contribution in [0.2, 0.25) is 0 Å². The lowest BCUT2D eigenvalue weighted by molar-refractivity contribution is -0.127. The molecule has 0 saturated heterocycles. The van der Waals surface area contributed by atoms with Gasteiger partial charge in [0.05, 0.1) is 12.4 Å². The van der Waals surface area contributed by atoms with Crippen LogP contribution >= 0.6 is 11.8 Å². The van der Waals surface area contributed by atoms with Crippen LogP contribution in [0.5, 0.6) is 5.88 Å². The van der Waals surface area contributed by atoms with E-state index in [1.54, 1.807) is 11.0 Å². The first-order valence-electron chi connectivity index (χ1n) is 6.08. The molecule has 0 bridgehead atoms. The number of ether oxygens (including phenoxy) is 1. The zero-order valence-electron chi connectivity index (χ0n) is 11.0. The summed E-state index contributed by atoms with van der Waals surface area (Å²) < 4.78 is 5.20. The fourth-order valence-electron chi connectivity index (χ4n) is 1.41. The summed E-state index contributed by atoms with van der Waals surface area (Å²) >= 11 is 1.39. The fraction of sp³-hybridized carbons (Fsp3) is 0.583. The van der Waals surface area contributed by atoms with Gasteiger partial charge in [-0.25, -0.2) is 0 Å². The molecule has 0 unspecified atom stereocenters. The average molecular weight is 269 g/mol. The average Bonchev–Trinajstić information content (AvgIpc) is 2.40. The third kappa shape index (κ3) is 4.52. The number of nitrogens with zero attached hydrogens (tertiary/aromatic N) is 3. The van der Waals surface area contributed by atoms with Gasteiger partial charge in [0.1, 0.15) is 5.03 Å². The molecule has 0 N–H and O–H groups in total. The summed E-state index contributed by atoms with van der Waals surface area (Å²) in [7, 11) is 0. The lowest BCUT2D eigenvalue weighted by Crippen LogP contribution is -2.31. The van der Waals surface area contributed by atoms with Gasteiger partial charge in [-0.05, 0) is 26.8 Å². The minimum atomic E-state index is 0.126. The van der Waals surface area contributed by atoms with E-state index in [1.807, 2.05) is 26.8 Å². The summed E-state index contributed by atoms with van der Waals surface area (Å²) in [4.78, 5) is 13.6. The van der Waals surface area contributed by atoms with Crippen molar-refractivity contribution in [1.82, 2.24) is 15.1 Å². The summed E-state index contributed by atoms with van der Waals surface area (Å²) in [6, 6.07) is 3.58. The van der Waals surface area contributed by atoms with E-state index in [1.165, 1.54) is 11.8 Å². The summed E-state index contributed by atoms with van der Waals surface area (Å²) in [5.74, 6) is 1.03. The number of carbonyl (C=O) groups is 1. The summed E-state index contributed by atoms with van der Waals surface area (Å²) in [6.07, 6.45) is 0. The molecule has 1 aromatic rings. The highest BCUT2D eigenvalue weighted by Crippen LogP contribution is 2.16. The van der Waals surface area contributed by atoms with Crippen molar-refractivity contribution in [2.24, 2.45) is 0 Å². The van der Waals surface area contributed by atoms with Crippen molar-refractivity contribution in [2.45, 2.75) is 25.8 Å². The Kier molecular flexibility index (Phi) is 6.49. The molecule has 6 heteroatoms. The maximum absolute atomic E-state index is 11.8. The van der Waals surface area contributed by atoms with Crippen LogP contribution in [0.15, 0.2) is 17.2 Å². The Bertz CT molecular complexity index is 366. The predicted molar refractivity (Wildman–Crippen MR) is 71.9 cm³/mol. The molecule has 0 aliphatic carbocycles. The van der Waals surface area contributed by atoms with Gasteiger partial charge in [0.25, 0.3) is 0 Å². The molecular weight excluding hydrogens is 250 g/mol. The summed E-state index contributed by atoms with van der Waals surface area (Å²) in [5.41, 5.74) is 0. The molecule has 0 aromatic carbocycles. The van der Waals surface area contributed by atoms with Crippen molar-refractivity contribution in [3.8, 4) is 5.88 Å². The molecule has 5 nitrogen and oxygen atoms in total. The Hall–Kier alpha value is -1.30. The number of thioether (sulfide) groups is 1. The Labute approximate surface area is 112 Å². The molecule has 1 aromatic heterocycles. The van der Waals surface area contributed by atoms with Crippen molar-refractivity contribution >= 4 is 17.7 Å². The molecule has 1 heterocycles. The van der Waals surface area contributed by atoms with Gasteiger partial charge < -0.3 is 9.64 Å². The quantitative estimate of drug-likeness (QED) is 0.707. The van der Waals surface area contributed by atoms with Crippen LogP contribution in [0.1, 0.15) is 20.8 Å². The third-order valence-electron chi connectivity index (χ3n) is 2.37. The third-order valence-corrected chi connectivity index (χ3v) is 3.27. The van der Waals surface area contributed by atoms with Gasteiger partial charge >= 0.3 is 0 Å². The van der Waals surface area contributed by atoms with Gasteiger partial charge in [-0.3, -0.25) is 4.79 Å². The van der Waals surface area contributed by atoms with Crippen molar-refractivity contribution in [1.29, 1.82) is 0 Å². The maximum Gasteiger partial charge on any atom is 0.233 e. The smallest absolute Gasteiger partial charge is 0.233 e. The van der Waals surface area contributed by atoms with E-state index < -0.39 is 0 Å². The van der Waals surface area contributed by atoms with Crippen molar-refractivity contribution in [2.75, 3.05) is 25.4 Å². The Balaban J connectivity index is 2.45. The minimum Gasteiger partial charge on any atom is -0.477 e. The first kappa shape index (κ1) is 14.8. The van der Waals surface area contributed by atoms with E-state index in [4.69, 9.17) is 4.74 Å². The number of hydrogen-bond donors (Lipinski definition) is 0. The molecule has 1 amide bonds. The van der Waals surface area contributed by atoms with Crippen LogP contribution in [0.3, 0.4) is 0 Å². The molecule has 0 fully saturated rings. The monoisotopic (exact) mass is 269 g/mol. The molecule has 0 saturated carbocycles. The van der Waals surface area contributed by atoms with E-state index in [-0.39, 0.29) is 5.91 Å². The number of amides is 1. The lowest BCUT2D eigenvalue weighted by atomic mass is 10.5. The molecule has 100 valence electrons. The molecular formula is C12H19N3O2S. The molecule has 0 atom stereocenters. The van der Waals surface area contributed by atoms with Gasteiger partial charge in [-0.15, -0.1) is 10.2 Å². The molecule has 0 spiro atoms. The van der Waals surface area contributed by atoms with Crippen molar-refractivity contribution in [3.05, 3.63) is 12.1 Å². The van der Waals surface area contributed by atoms with Crippen LogP contribution in [-0.4, -0.2) is 46.5 Å². The summed E-state index contributed by atoms with van der Waals surface area (Å²) in [5, 5.41) is 8.65. The normalized spacial score (nSPS) is 10.2. The van der Waals surface area contributed by atoms with Gasteiger partial charge in [0.2, 0.25) is 11.8 Å². The van der Waals surface area contributed by atoms with Crippen molar-refractivity contribution < 1.29 is 9.53 Å². The highest BCUT2D eigenvalue weighted by atomic mass is 32.2. The zero-order valence-corrected chi connectivity index (χ0v) is 11.9. The van der Waals surface area contributed by atoms with Crippen LogP contribution in [0, 0.1) is 0 Å². The first-order valence-corrected chi connectivity index (χ1v) is 7.06. The molecule has 0 aliphatic rings. The molecule has 1 rings (SSSR count). The van der Waals surface area contributed by atoms with E-state index in [2.05, 4.69) is 10.2 Å². The van der Waals surface area contributed by atoms with E-state index in [0.29, 0.717) is 18.2 Å². The van der Waals surface area contributed by atoms with Gasteiger partial charge in [0, 0.05) is 19.2 Å². The molecule has 0 aliphatic heterocycles. The van der Waals surface area contributed by atoms with E-state index in [9.17, 15) is 4.79 Å². The Morgan fingerprint density at radius 3 is 2.50 bits per heavy atom. The maximum atomic E-state index is 11.8. The van der Waals surface area contributed by atoms with Crippen molar-refractivity contribution in [3.63, 3.8) is 0 Å². The molecule has 18 heavy (non-hydrogen) atoms. The standard InChI is InChI=1S/C12H19N3O2S/c1-4-15(5-2)12(16)9-18-11-8-7-10(13-14-11)17-6-3/h7-8H,4-6,9H2,1-3H3. The van der Waals surface area contributed by atoms with Crippen LogP contribution in [-0.2, 0) is 4.79 Å². The second-order valence-electron chi connectivity index (χ2n) is 3.50. The fourth-order valence-corrected chi connectivity index (χ4v) is 2.13. The highest BCUT2D eigenvalue weighted by molar-refractivity contribution is 7.99. The Morgan fingerprint density at radius 1 is 1.28 bits per heavy atom. The van der Waals surface area contributed by atoms with Crippen LogP contribution < -0.4 is 4.74 Å². The van der Waals surface area contributed by atoms with Crippen LogP contribution in [0.4, 0.5) is 0 Å². The second kappa shape index (κ2) is 7.92. The highest BCUT2D eigenvalue weighted by Gasteiger charge is 2.10. The predicted octanol–water partition coefficient (Wildman–Crippen LogP) is 1.84. The minimum absolute atomic E-state index is 0.126. The largest absolute Gasteiger partial charge is 0.477 e. The summed E-state index contributed by atoms with van der Waals surface area (Å²) in [6.45, 7) is 7.90. The topological polar surface area (TPSA) is 55.3 Å². The SMILES string of the molecule is CCOc1ccc(SCC(=O)N(CC)CC)nn1. The van der Waals surface area contributed by atoms with Crippen LogP contribution in [0.25, 0.3) is 0 Å². The van der Waals surface area contributed by atoms with Gasteiger partial charge in [0.15, 0.2) is 0 Å². The number of aromatic nitrogens is 2. The second-order valence-corrected chi connectivity index (χ2v) is 4.49. The molecule has 0 radical (unpaired) electrons. The van der Waals surface area contributed by atoms with Gasteiger partial charge in [-0.2, -0.15) is 0 Å². The lowest BCUT2D eigenvalue weighted by Gasteiger charge is -2.17. The van der Waals surface area contributed by atoms with E-state index >= 15 is 0 Å². The van der Waals surface area contributed by atoms with E-state index in [0.717, 1.165) is 18.1 Å². The van der Waals surface area contributed by atoms with Gasteiger partial charge in [-0.1, -0.05) is 11.8 Å². The zero-order chi connectivity index (χ0) is 13.4. The number of carbonyl (C=O) groups excluding carboxylic acids is 1. The number of hydrogen-bond acceptors (Lipinski definition) is 5. The number of rotatable bonds is 7. The first-order chi connectivity index (χ1) is 8.71. The Morgan fingerprint density at radius 2 is 2.00 bits per heavy atom.